The molecule has 1 amide bonds. The number of rotatable bonds is 4. The Balaban J connectivity index is 1.73. The van der Waals surface area contributed by atoms with Crippen molar-refractivity contribution in [2.45, 2.75) is 13.1 Å². The van der Waals surface area contributed by atoms with Gasteiger partial charge in [0.15, 0.2) is 5.65 Å². The van der Waals surface area contributed by atoms with Crippen molar-refractivity contribution in [3.63, 3.8) is 0 Å². The van der Waals surface area contributed by atoms with Gasteiger partial charge in [-0.25, -0.2) is 9.48 Å². The zero-order chi connectivity index (χ0) is 16.4. The van der Waals surface area contributed by atoms with Crippen LogP contribution in [0.25, 0.3) is 5.65 Å². The molecule has 0 saturated carbocycles. The second-order valence-electron chi connectivity index (χ2n) is 5.25. The number of carbonyl (C=O) groups excluding carboxylic acids is 1. The van der Waals surface area contributed by atoms with Crippen molar-refractivity contribution < 1.29 is 4.79 Å². The highest BCUT2D eigenvalue weighted by molar-refractivity contribution is 9.10. The van der Waals surface area contributed by atoms with Crippen LogP contribution in [0, 0.1) is 0 Å². The van der Waals surface area contributed by atoms with Crippen molar-refractivity contribution in [1.82, 2.24) is 19.1 Å². The minimum Gasteiger partial charge on any atom is -0.340 e. The van der Waals surface area contributed by atoms with Gasteiger partial charge >= 0.3 is 5.69 Å². The largest absolute Gasteiger partial charge is 0.350 e. The number of hydrogen-bond acceptors (Lipinski definition) is 3. The van der Waals surface area contributed by atoms with E-state index in [4.69, 9.17) is 0 Å². The molecular weight excluding hydrogens is 360 g/mol. The lowest BCUT2D eigenvalue weighted by Gasteiger charge is -2.17. The van der Waals surface area contributed by atoms with Crippen LogP contribution >= 0.6 is 15.9 Å². The van der Waals surface area contributed by atoms with E-state index in [1.165, 1.54) is 9.08 Å². The lowest BCUT2D eigenvalue weighted by molar-refractivity contribution is -0.131. The molecule has 118 valence electrons. The van der Waals surface area contributed by atoms with Gasteiger partial charge in [0.05, 0.1) is 0 Å². The molecule has 0 spiro atoms. The molecule has 0 unspecified atom stereocenters. The van der Waals surface area contributed by atoms with Gasteiger partial charge in [0.2, 0.25) is 5.91 Å². The van der Waals surface area contributed by atoms with Crippen molar-refractivity contribution in [3.8, 4) is 0 Å². The molecule has 0 atom stereocenters. The summed E-state index contributed by atoms with van der Waals surface area (Å²) in [6, 6.07) is 13.0. The van der Waals surface area contributed by atoms with Gasteiger partial charge in [0, 0.05) is 24.3 Å². The molecule has 0 saturated heterocycles. The van der Waals surface area contributed by atoms with Crippen LogP contribution in [0.5, 0.6) is 0 Å². The summed E-state index contributed by atoms with van der Waals surface area (Å²) in [6.45, 7) is 0.405. The molecule has 2 aromatic heterocycles. The SMILES string of the molecule is CN(Cc1ccc(Br)cc1)C(=O)Cn1nc2ccccn2c1=O. The van der Waals surface area contributed by atoms with Crippen LogP contribution < -0.4 is 5.69 Å². The minimum atomic E-state index is -0.314. The number of nitrogens with zero attached hydrogens (tertiary/aromatic N) is 4. The smallest absolute Gasteiger partial charge is 0.340 e. The second kappa shape index (κ2) is 6.37. The van der Waals surface area contributed by atoms with Crippen molar-refractivity contribution in [3.05, 3.63) is 69.2 Å². The number of benzene rings is 1. The van der Waals surface area contributed by atoms with Crippen LogP contribution in [-0.2, 0) is 17.9 Å². The average Bonchev–Trinajstić information content (AvgIpc) is 2.86. The number of likely N-dealkylation sites (N-methyl/N-ethyl adjacent to an activating group) is 1. The number of halogens is 1. The summed E-state index contributed by atoms with van der Waals surface area (Å²) in [4.78, 5) is 26.1. The first-order chi connectivity index (χ1) is 11.0. The number of carbonyl (C=O) groups is 1. The van der Waals surface area contributed by atoms with Crippen LogP contribution in [0.3, 0.4) is 0 Å². The van der Waals surface area contributed by atoms with Gasteiger partial charge in [0.25, 0.3) is 0 Å². The summed E-state index contributed by atoms with van der Waals surface area (Å²) in [7, 11) is 1.71. The summed E-state index contributed by atoms with van der Waals surface area (Å²) in [6.07, 6.45) is 1.64. The standard InChI is InChI=1S/C16H15BrN4O2/c1-19(10-12-5-7-13(17)8-6-12)15(22)11-21-16(23)20-9-3-2-4-14(20)18-21/h2-9H,10-11H2,1H3. The van der Waals surface area contributed by atoms with Gasteiger partial charge in [-0.1, -0.05) is 34.1 Å². The van der Waals surface area contributed by atoms with E-state index >= 15 is 0 Å². The van der Waals surface area contributed by atoms with E-state index in [0.717, 1.165) is 10.0 Å². The first kappa shape index (κ1) is 15.5. The summed E-state index contributed by atoms with van der Waals surface area (Å²) < 4.78 is 3.60. The van der Waals surface area contributed by atoms with Gasteiger partial charge in [-0.15, -0.1) is 5.10 Å². The third kappa shape index (κ3) is 3.34. The summed E-state index contributed by atoms with van der Waals surface area (Å²) in [5.74, 6) is -0.168. The summed E-state index contributed by atoms with van der Waals surface area (Å²) in [5, 5.41) is 4.17. The quantitative estimate of drug-likeness (QED) is 0.700. The molecule has 1 aromatic carbocycles. The van der Waals surface area contributed by atoms with Crippen LogP contribution in [0.4, 0.5) is 0 Å². The van der Waals surface area contributed by atoms with Gasteiger partial charge in [-0.2, -0.15) is 0 Å². The molecular formula is C16H15BrN4O2. The highest BCUT2D eigenvalue weighted by Gasteiger charge is 2.14. The zero-order valence-electron chi connectivity index (χ0n) is 12.5. The Morgan fingerprint density at radius 1 is 1.22 bits per heavy atom. The summed E-state index contributed by atoms with van der Waals surface area (Å²) in [5.41, 5.74) is 1.23. The number of fused-ring (bicyclic) bond motifs is 1. The van der Waals surface area contributed by atoms with E-state index in [0.29, 0.717) is 12.2 Å². The van der Waals surface area contributed by atoms with Crippen molar-refractivity contribution in [1.29, 1.82) is 0 Å². The number of aromatic nitrogens is 3. The monoisotopic (exact) mass is 374 g/mol. The third-order valence-corrected chi connectivity index (χ3v) is 4.06. The zero-order valence-corrected chi connectivity index (χ0v) is 14.1. The normalized spacial score (nSPS) is 10.9. The maximum absolute atomic E-state index is 12.3. The molecule has 0 aliphatic heterocycles. The molecule has 2 heterocycles. The lowest BCUT2D eigenvalue weighted by atomic mass is 10.2. The van der Waals surface area contributed by atoms with Crippen LogP contribution in [0.1, 0.15) is 5.56 Å². The molecule has 0 fully saturated rings. The second-order valence-corrected chi connectivity index (χ2v) is 6.16. The highest BCUT2D eigenvalue weighted by Crippen LogP contribution is 2.12. The topological polar surface area (TPSA) is 59.6 Å². The fraction of sp³-hybridized carbons (Fsp3) is 0.188. The third-order valence-electron chi connectivity index (χ3n) is 3.53. The molecule has 0 radical (unpaired) electrons. The Hall–Kier alpha value is -2.41. The molecule has 23 heavy (non-hydrogen) atoms. The Morgan fingerprint density at radius 3 is 2.65 bits per heavy atom. The fourth-order valence-corrected chi connectivity index (χ4v) is 2.54. The average molecular weight is 375 g/mol. The van der Waals surface area contributed by atoms with Crippen molar-refractivity contribution in [2.24, 2.45) is 0 Å². The molecule has 0 N–H and O–H groups in total. The lowest BCUT2D eigenvalue weighted by Crippen LogP contribution is -2.33. The van der Waals surface area contributed by atoms with Gasteiger partial charge < -0.3 is 4.90 Å². The maximum Gasteiger partial charge on any atom is 0.350 e. The summed E-state index contributed by atoms with van der Waals surface area (Å²) >= 11 is 3.38. The molecule has 0 bridgehead atoms. The van der Waals surface area contributed by atoms with Gasteiger partial charge in [0.1, 0.15) is 6.54 Å². The number of hydrogen-bond donors (Lipinski definition) is 0. The van der Waals surface area contributed by atoms with E-state index in [-0.39, 0.29) is 18.1 Å². The Labute approximate surface area is 141 Å². The molecule has 3 rings (SSSR count). The molecule has 0 aliphatic rings. The first-order valence-electron chi connectivity index (χ1n) is 7.07. The van der Waals surface area contributed by atoms with Gasteiger partial charge in [-0.05, 0) is 29.8 Å². The van der Waals surface area contributed by atoms with Crippen LogP contribution in [0.15, 0.2) is 57.9 Å². The number of pyridine rings is 1. The van der Waals surface area contributed by atoms with Crippen LogP contribution in [-0.4, -0.2) is 32.0 Å². The predicted molar refractivity (Wildman–Crippen MR) is 90.1 cm³/mol. The molecule has 6 nitrogen and oxygen atoms in total. The first-order valence-corrected chi connectivity index (χ1v) is 7.86. The molecule has 7 heteroatoms. The highest BCUT2D eigenvalue weighted by atomic mass is 79.9. The van der Waals surface area contributed by atoms with Crippen LogP contribution in [0.2, 0.25) is 0 Å². The van der Waals surface area contributed by atoms with E-state index < -0.39 is 0 Å². The maximum atomic E-state index is 12.3. The Morgan fingerprint density at radius 2 is 1.96 bits per heavy atom. The van der Waals surface area contributed by atoms with E-state index in [9.17, 15) is 9.59 Å². The molecule has 3 aromatic rings. The fourth-order valence-electron chi connectivity index (χ4n) is 2.27. The van der Waals surface area contributed by atoms with Crippen molar-refractivity contribution >= 4 is 27.5 Å². The Kier molecular flexibility index (Phi) is 4.29. The van der Waals surface area contributed by atoms with Gasteiger partial charge in [-0.3, -0.25) is 9.20 Å². The van der Waals surface area contributed by atoms with Crippen molar-refractivity contribution in [2.75, 3.05) is 7.05 Å². The molecule has 0 aliphatic carbocycles. The van der Waals surface area contributed by atoms with E-state index in [1.54, 1.807) is 36.3 Å². The minimum absolute atomic E-state index is 0.0759. The van der Waals surface area contributed by atoms with E-state index in [1.807, 2.05) is 24.3 Å². The van der Waals surface area contributed by atoms with E-state index in [2.05, 4.69) is 21.0 Å². The predicted octanol–water partition coefficient (Wildman–Crippen LogP) is 1.92. The Bertz CT molecular complexity index is 898. The number of amides is 1.